The number of nitrogens with zero attached hydrogens (tertiary/aromatic N) is 7. The van der Waals surface area contributed by atoms with E-state index in [1.807, 2.05) is 11.4 Å². The van der Waals surface area contributed by atoms with Gasteiger partial charge in [-0.25, -0.2) is 14.3 Å². The van der Waals surface area contributed by atoms with Crippen molar-refractivity contribution in [1.82, 2.24) is 34.5 Å². The standard InChI is InChI=1S/C13H10N8S/c14-10-9(12-15-5-8-22-12)11(20-6-1-3-16-20)19-13(18-10)21-7-2-4-17-21/h1-8H,(H2,14,18,19). The first-order valence-electron chi connectivity index (χ1n) is 6.40. The molecule has 0 unspecified atom stereocenters. The van der Waals surface area contributed by atoms with Crippen molar-refractivity contribution in [1.29, 1.82) is 0 Å². The van der Waals surface area contributed by atoms with Gasteiger partial charge in [0.25, 0.3) is 5.95 Å². The average molecular weight is 310 g/mol. The van der Waals surface area contributed by atoms with Crippen molar-refractivity contribution >= 4 is 17.2 Å². The van der Waals surface area contributed by atoms with Crippen molar-refractivity contribution in [3.8, 4) is 22.3 Å². The fraction of sp³-hybridized carbons (Fsp3) is 0. The molecule has 0 saturated heterocycles. The Morgan fingerprint density at radius 3 is 2.36 bits per heavy atom. The van der Waals surface area contributed by atoms with Crippen LogP contribution < -0.4 is 5.73 Å². The molecule has 0 aliphatic heterocycles. The molecule has 2 N–H and O–H groups in total. The Hall–Kier alpha value is -3.07. The van der Waals surface area contributed by atoms with Gasteiger partial charge >= 0.3 is 0 Å². The van der Waals surface area contributed by atoms with Gasteiger partial charge in [-0.1, -0.05) is 0 Å². The van der Waals surface area contributed by atoms with Crippen molar-refractivity contribution in [3.05, 3.63) is 48.5 Å². The molecule has 0 atom stereocenters. The minimum absolute atomic E-state index is 0.334. The zero-order valence-corrected chi connectivity index (χ0v) is 12.1. The van der Waals surface area contributed by atoms with E-state index in [0.717, 1.165) is 5.01 Å². The molecule has 0 aromatic carbocycles. The average Bonchev–Trinajstić information content (AvgIpc) is 3.27. The first-order valence-corrected chi connectivity index (χ1v) is 7.28. The third-order valence-corrected chi connectivity index (χ3v) is 3.77. The first kappa shape index (κ1) is 12.7. The first-order chi connectivity index (χ1) is 10.8. The molecule has 4 aromatic rings. The lowest BCUT2D eigenvalue weighted by molar-refractivity contribution is 0.778. The quantitative estimate of drug-likeness (QED) is 0.616. The van der Waals surface area contributed by atoms with E-state index in [9.17, 15) is 0 Å². The van der Waals surface area contributed by atoms with Gasteiger partial charge in [0.1, 0.15) is 10.8 Å². The van der Waals surface area contributed by atoms with Crippen LogP contribution in [0.15, 0.2) is 48.5 Å². The van der Waals surface area contributed by atoms with E-state index in [2.05, 4.69) is 25.1 Å². The Labute approximate surface area is 128 Å². The molecule has 4 rings (SSSR count). The largest absolute Gasteiger partial charge is 0.383 e. The summed E-state index contributed by atoms with van der Waals surface area (Å²) < 4.78 is 3.19. The number of aromatic nitrogens is 7. The molecule has 0 aliphatic rings. The summed E-state index contributed by atoms with van der Waals surface area (Å²) in [7, 11) is 0. The van der Waals surface area contributed by atoms with Crippen molar-refractivity contribution in [3.63, 3.8) is 0 Å². The van der Waals surface area contributed by atoms with E-state index in [0.29, 0.717) is 23.1 Å². The van der Waals surface area contributed by atoms with E-state index in [-0.39, 0.29) is 0 Å². The highest BCUT2D eigenvalue weighted by molar-refractivity contribution is 7.13. The van der Waals surface area contributed by atoms with Crippen LogP contribution in [0.4, 0.5) is 5.82 Å². The molecular weight excluding hydrogens is 300 g/mol. The highest BCUT2D eigenvalue weighted by Gasteiger charge is 2.19. The predicted octanol–water partition coefficient (Wildman–Crippen LogP) is 1.55. The van der Waals surface area contributed by atoms with Crippen LogP contribution in [0.3, 0.4) is 0 Å². The lowest BCUT2D eigenvalue weighted by Gasteiger charge is -2.11. The van der Waals surface area contributed by atoms with Crippen LogP contribution in [0.5, 0.6) is 0 Å². The molecule has 0 radical (unpaired) electrons. The topological polar surface area (TPSA) is 100 Å². The second-order valence-corrected chi connectivity index (χ2v) is 5.24. The second-order valence-electron chi connectivity index (χ2n) is 4.35. The predicted molar refractivity (Wildman–Crippen MR) is 81.8 cm³/mol. The Kier molecular flexibility index (Phi) is 2.90. The van der Waals surface area contributed by atoms with E-state index >= 15 is 0 Å². The number of rotatable bonds is 3. The Balaban J connectivity index is 1.99. The molecule has 9 heteroatoms. The van der Waals surface area contributed by atoms with E-state index in [1.165, 1.54) is 11.3 Å². The number of thiazole rings is 1. The zero-order chi connectivity index (χ0) is 14.9. The molecule has 4 aromatic heterocycles. The van der Waals surface area contributed by atoms with Crippen molar-refractivity contribution in [2.45, 2.75) is 0 Å². The van der Waals surface area contributed by atoms with Gasteiger partial charge in [-0.05, 0) is 12.1 Å². The van der Waals surface area contributed by atoms with Crippen LogP contribution in [0, 0.1) is 0 Å². The second kappa shape index (κ2) is 5.04. The Bertz CT molecular complexity index is 881. The molecule has 22 heavy (non-hydrogen) atoms. The third-order valence-electron chi connectivity index (χ3n) is 2.98. The van der Waals surface area contributed by atoms with Crippen molar-refractivity contribution < 1.29 is 0 Å². The number of anilines is 1. The van der Waals surface area contributed by atoms with Gasteiger partial charge in [0.15, 0.2) is 5.82 Å². The van der Waals surface area contributed by atoms with Gasteiger partial charge in [-0.15, -0.1) is 11.3 Å². The van der Waals surface area contributed by atoms with Crippen molar-refractivity contribution in [2.24, 2.45) is 0 Å². The van der Waals surface area contributed by atoms with Crippen LogP contribution in [-0.4, -0.2) is 34.5 Å². The lowest BCUT2D eigenvalue weighted by atomic mass is 10.3. The molecule has 0 spiro atoms. The van der Waals surface area contributed by atoms with Crippen LogP contribution >= 0.6 is 11.3 Å². The van der Waals surface area contributed by atoms with Crippen LogP contribution in [-0.2, 0) is 0 Å². The number of nitrogen functional groups attached to an aromatic ring is 1. The molecule has 0 amide bonds. The van der Waals surface area contributed by atoms with Crippen LogP contribution in [0.25, 0.3) is 22.3 Å². The summed E-state index contributed by atoms with van der Waals surface area (Å²) in [4.78, 5) is 13.2. The Morgan fingerprint density at radius 2 is 1.73 bits per heavy atom. The third kappa shape index (κ3) is 2.04. The number of hydrogen-bond acceptors (Lipinski definition) is 7. The summed E-state index contributed by atoms with van der Waals surface area (Å²) in [6.45, 7) is 0. The van der Waals surface area contributed by atoms with Crippen molar-refractivity contribution in [2.75, 3.05) is 5.73 Å². The summed E-state index contributed by atoms with van der Waals surface area (Å²) >= 11 is 1.47. The van der Waals surface area contributed by atoms with E-state index in [4.69, 9.17) is 5.73 Å². The number of hydrogen-bond donors (Lipinski definition) is 1. The van der Waals surface area contributed by atoms with Gasteiger partial charge in [-0.3, -0.25) is 0 Å². The lowest BCUT2D eigenvalue weighted by Crippen LogP contribution is -2.11. The molecular formula is C13H10N8S. The number of nitrogens with two attached hydrogens (primary N) is 1. The van der Waals surface area contributed by atoms with Gasteiger partial charge in [0.2, 0.25) is 0 Å². The molecule has 0 aliphatic carbocycles. The summed E-state index contributed by atoms with van der Waals surface area (Å²) in [5.74, 6) is 1.28. The maximum absolute atomic E-state index is 6.16. The molecule has 0 bridgehead atoms. The minimum atomic E-state index is 0.334. The molecule has 108 valence electrons. The highest BCUT2D eigenvalue weighted by Crippen LogP contribution is 2.31. The molecule has 0 saturated carbocycles. The van der Waals surface area contributed by atoms with Gasteiger partial charge in [-0.2, -0.15) is 20.2 Å². The summed E-state index contributed by atoms with van der Waals surface area (Å²) in [6.07, 6.45) is 8.60. The van der Waals surface area contributed by atoms with Gasteiger partial charge < -0.3 is 5.73 Å². The normalized spacial score (nSPS) is 10.9. The van der Waals surface area contributed by atoms with Gasteiger partial charge in [0.05, 0.1) is 5.56 Å². The zero-order valence-electron chi connectivity index (χ0n) is 11.2. The maximum Gasteiger partial charge on any atom is 0.254 e. The molecule has 4 heterocycles. The fourth-order valence-electron chi connectivity index (χ4n) is 2.06. The molecule has 0 fully saturated rings. The summed E-state index contributed by atoms with van der Waals surface area (Å²) in [5, 5.41) is 11.0. The maximum atomic E-state index is 6.16. The highest BCUT2D eigenvalue weighted by atomic mass is 32.1. The van der Waals surface area contributed by atoms with Gasteiger partial charge in [0, 0.05) is 36.4 Å². The van der Waals surface area contributed by atoms with E-state index in [1.54, 1.807) is 46.4 Å². The molecule has 8 nitrogen and oxygen atoms in total. The monoisotopic (exact) mass is 310 g/mol. The summed E-state index contributed by atoms with van der Waals surface area (Å²) in [5.41, 5.74) is 6.82. The SMILES string of the molecule is Nc1nc(-n2cccn2)nc(-n2cccn2)c1-c1nccs1. The van der Waals surface area contributed by atoms with Crippen LogP contribution in [0.1, 0.15) is 0 Å². The summed E-state index contributed by atoms with van der Waals surface area (Å²) in [6, 6.07) is 3.61. The smallest absolute Gasteiger partial charge is 0.254 e. The fourth-order valence-corrected chi connectivity index (χ4v) is 2.74. The van der Waals surface area contributed by atoms with E-state index < -0.39 is 0 Å². The minimum Gasteiger partial charge on any atom is -0.383 e. The van der Waals surface area contributed by atoms with Crippen LogP contribution in [0.2, 0.25) is 0 Å². The Morgan fingerprint density at radius 1 is 0.955 bits per heavy atom.